The lowest BCUT2D eigenvalue weighted by atomic mass is 10.1. The normalized spacial score (nSPS) is 11.8. The van der Waals surface area contributed by atoms with Gasteiger partial charge in [0.15, 0.2) is 6.10 Å². The van der Waals surface area contributed by atoms with Gasteiger partial charge in [-0.2, -0.15) is 0 Å². The molecule has 7 heteroatoms. The number of carboxylic acids is 1. The highest BCUT2D eigenvalue weighted by atomic mass is 32.1. The monoisotopic (exact) mass is 418 g/mol. The zero-order valence-electron chi connectivity index (χ0n) is 17.3. The van der Waals surface area contributed by atoms with Crippen LogP contribution in [0.2, 0.25) is 0 Å². The Bertz CT molecular complexity index is 788. The number of carbonyl (C=O) groups excluding carboxylic acids is 1. The van der Waals surface area contributed by atoms with Crippen molar-refractivity contribution in [3.8, 4) is 10.4 Å². The van der Waals surface area contributed by atoms with Gasteiger partial charge in [0.05, 0.1) is 5.00 Å². The van der Waals surface area contributed by atoms with Crippen molar-refractivity contribution in [2.24, 2.45) is 0 Å². The number of rotatable bonds is 11. The number of hydrogen-bond acceptors (Lipinski definition) is 4. The van der Waals surface area contributed by atoms with E-state index in [0.717, 1.165) is 40.3 Å². The number of anilines is 1. The predicted molar refractivity (Wildman–Crippen MR) is 118 cm³/mol. The summed E-state index contributed by atoms with van der Waals surface area (Å²) < 4.78 is 5.27. The largest absolute Gasteiger partial charge is 0.479 e. The molecule has 6 nitrogen and oxygen atoms in total. The highest BCUT2D eigenvalue weighted by Crippen LogP contribution is 2.33. The third-order valence-electron chi connectivity index (χ3n) is 4.59. The molecular weight excluding hydrogens is 388 g/mol. The zero-order valence-corrected chi connectivity index (χ0v) is 18.1. The maximum atomic E-state index is 12.3. The number of carboxylic acid groups (broad SMARTS) is 1. The molecule has 2 amide bonds. The van der Waals surface area contributed by atoms with E-state index >= 15 is 0 Å². The van der Waals surface area contributed by atoms with E-state index in [0.29, 0.717) is 19.6 Å². The lowest BCUT2D eigenvalue weighted by molar-refractivity contribution is -0.149. The van der Waals surface area contributed by atoms with Crippen molar-refractivity contribution in [3.63, 3.8) is 0 Å². The number of nitrogens with zero attached hydrogens (tertiary/aromatic N) is 1. The molecule has 0 fully saturated rings. The molecule has 1 aromatic heterocycles. The van der Waals surface area contributed by atoms with Crippen LogP contribution in [0.1, 0.15) is 38.7 Å². The highest BCUT2D eigenvalue weighted by molar-refractivity contribution is 7.19. The minimum absolute atomic E-state index is 0.0968. The number of benzene rings is 1. The van der Waals surface area contributed by atoms with E-state index in [1.807, 2.05) is 36.4 Å². The van der Waals surface area contributed by atoms with Crippen LogP contribution >= 0.6 is 11.3 Å². The Hall–Kier alpha value is -2.38. The van der Waals surface area contributed by atoms with Gasteiger partial charge in [-0.25, -0.2) is 9.59 Å². The van der Waals surface area contributed by atoms with Crippen LogP contribution in [-0.2, 0) is 16.0 Å². The Morgan fingerprint density at radius 1 is 1.14 bits per heavy atom. The number of aliphatic carboxylic acids is 1. The fourth-order valence-electron chi connectivity index (χ4n) is 2.89. The first kappa shape index (κ1) is 22.9. The highest BCUT2D eigenvalue weighted by Gasteiger charge is 2.18. The average molecular weight is 419 g/mol. The Morgan fingerprint density at radius 2 is 1.86 bits per heavy atom. The van der Waals surface area contributed by atoms with Gasteiger partial charge < -0.3 is 15.2 Å². The van der Waals surface area contributed by atoms with Crippen LogP contribution in [-0.4, -0.2) is 43.4 Å². The van der Waals surface area contributed by atoms with Gasteiger partial charge in [0.1, 0.15) is 0 Å². The molecule has 0 saturated carbocycles. The molecule has 1 aromatic carbocycles. The summed E-state index contributed by atoms with van der Waals surface area (Å²) in [7, 11) is 1.77. The van der Waals surface area contributed by atoms with Crippen LogP contribution in [0.5, 0.6) is 0 Å². The summed E-state index contributed by atoms with van der Waals surface area (Å²) in [6.45, 7) is 4.98. The Kier molecular flexibility index (Phi) is 9.15. The van der Waals surface area contributed by atoms with Crippen molar-refractivity contribution in [1.29, 1.82) is 0 Å². The molecule has 0 aliphatic rings. The Labute approximate surface area is 176 Å². The molecule has 0 radical (unpaired) electrons. The molecule has 29 heavy (non-hydrogen) atoms. The fourth-order valence-corrected chi connectivity index (χ4v) is 3.86. The first-order chi connectivity index (χ1) is 14.0. The van der Waals surface area contributed by atoms with E-state index in [1.54, 1.807) is 30.2 Å². The van der Waals surface area contributed by atoms with Gasteiger partial charge in [-0.1, -0.05) is 44.0 Å². The third-order valence-corrected chi connectivity index (χ3v) is 5.80. The van der Waals surface area contributed by atoms with Crippen LogP contribution in [0.25, 0.3) is 10.4 Å². The summed E-state index contributed by atoms with van der Waals surface area (Å²) in [5.41, 5.74) is 1.94. The Balaban J connectivity index is 1.99. The summed E-state index contributed by atoms with van der Waals surface area (Å²) in [5.74, 6) is -0.949. The van der Waals surface area contributed by atoms with Gasteiger partial charge in [-0.15, -0.1) is 11.3 Å². The molecule has 1 heterocycles. The number of urea groups is 1. The van der Waals surface area contributed by atoms with Crippen LogP contribution < -0.4 is 10.2 Å². The zero-order chi connectivity index (χ0) is 21.2. The molecule has 0 saturated heterocycles. The van der Waals surface area contributed by atoms with Gasteiger partial charge in [-0.05, 0) is 36.6 Å². The first-order valence-electron chi connectivity index (χ1n) is 10.0. The van der Waals surface area contributed by atoms with Crippen LogP contribution in [0, 0.1) is 0 Å². The number of carbonyl (C=O) groups is 2. The van der Waals surface area contributed by atoms with Crippen molar-refractivity contribution in [2.45, 2.75) is 45.6 Å². The van der Waals surface area contributed by atoms with E-state index in [9.17, 15) is 14.7 Å². The van der Waals surface area contributed by atoms with Crippen molar-refractivity contribution < 1.29 is 19.4 Å². The number of unbranched alkanes of at least 4 members (excludes halogenated alkanes) is 2. The number of hydrogen-bond donors (Lipinski definition) is 2. The summed E-state index contributed by atoms with van der Waals surface area (Å²) >= 11 is 1.55. The second kappa shape index (κ2) is 11.6. The third kappa shape index (κ3) is 6.87. The molecule has 158 valence electrons. The lowest BCUT2D eigenvalue weighted by Crippen LogP contribution is -2.37. The molecule has 0 aliphatic carbocycles. The van der Waals surface area contributed by atoms with Crippen molar-refractivity contribution in [1.82, 2.24) is 5.32 Å². The fraction of sp³-hybridized carbons (Fsp3) is 0.455. The van der Waals surface area contributed by atoms with Crippen LogP contribution in [0.4, 0.5) is 9.80 Å². The first-order valence-corrected chi connectivity index (χ1v) is 10.8. The van der Waals surface area contributed by atoms with E-state index in [1.165, 1.54) is 0 Å². The summed E-state index contributed by atoms with van der Waals surface area (Å²) in [6, 6.07) is 11.6. The maximum absolute atomic E-state index is 12.3. The van der Waals surface area contributed by atoms with Gasteiger partial charge >= 0.3 is 12.0 Å². The summed E-state index contributed by atoms with van der Waals surface area (Å²) in [4.78, 5) is 26.2. The number of nitrogens with one attached hydrogen (secondary N) is 1. The maximum Gasteiger partial charge on any atom is 0.333 e. The van der Waals surface area contributed by atoms with Crippen molar-refractivity contribution in [3.05, 3.63) is 42.0 Å². The van der Waals surface area contributed by atoms with E-state index in [4.69, 9.17) is 4.74 Å². The molecule has 2 N–H and O–H groups in total. The van der Waals surface area contributed by atoms with Crippen molar-refractivity contribution in [2.75, 3.05) is 25.1 Å². The van der Waals surface area contributed by atoms with E-state index in [-0.39, 0.29) is 6.03 Å². The second-order valence-electron chi connectivity index (χ2n) is 6.82. The molecule has 1 atom stereocenters. The SMILES string of the molecule is CCCCCNC(=O)N(C)c1ccc(-c2ccc(C[C@H](OCC)C(=O)O)cc2)s1. The minimum atomic E-state index is -0.949. The topological polar surface area (TPSA) is 78.9 Å². The van der Waals surface area contributed by atoms with Gasteiger partial charge in [0.25, 0.3) is 0 Å². The van der Waals surface area contributed by atoms with E-state index < -0.39 is 12.1 Å². The lowest BCUT2D eigenvalue weighted by Gasteiger charge is -2.16. The van der Waals surface area contributed by atoms with Crippen LogP contribution in [0.15, 0.2) is 36.4 Å². The smallest absolute Gasteiger partial charge is 0.333 e. The Morgan fingerprint density at radius 3 is 2.48 bits per heavy atom. The molecule has 0 unspecified atom stereocenters. The van der Waals surface area contributed by atoms with Gasteiger partial charge in [-0.3, -0.25) is 4.90 Å². The van der Waals surface area contributed by atoms with Crippen LogP contribution in [0.3, 0.4) is 0 Å². The number of ether oxygens (including phenoxy) is 1. The van der Waals surface area contributed by atoms with Gasteiger partial charge in [0, 0.05) is 31.5 Å². The summed E-state index contributed by atoms with van der Waals surface area (Å²) in [5, 5.41) is 13.0. The van der Waals surface area contributed by atoms with Crippen molar-refractivity contribution >= 4 is 28.3 Å². The molecule has 2 rings (SSSR count). The van der Waals surface area contributed by atoms with E-state index in [2.05, 4.69) is 12.2 Å². The molecule has 0 bridgehead atoms. The molecular formula is C22H30N2O4S. The number of amides is 2. The second-order valence-corrected chi connectivity index (χ2v) is 7.88. The molecule has 2 aromatic rings. The average Bonchev–Trinajstić information content (AvgIpc) is 3.20. The quantitative estimate of drug-likeness (QED) is 0.515. The molecule has 0 spiro atoms. The molecule has 0 aliphatic heterocycles. The number of thiophene rings is 1. The van der Waals surface area contributed by atoms with Gasteiger partial charge in [0.2, 0.25) is 0 Å². The minimum Gasteiger partial charge on any atom is -0.479 e. The summed E-state index contributed by atoms with van der Waals surface area (Å²) in [6.07, 6.45) is 2.73. The standard InChI is InChI=1S/C22H30N2O4S/c1-4-6-7-14-23-22(27)24(3)20-13-12-19(29-20)17-10-8-16(9-11-17)15-18(21(25)26)28-5-2/h8-13,18H,4-7,14-15H2,1-3H3,(H,23,27)(H,25,26)/t18-/m0/s1. The predicted octanol–water partition coefficient (Wildman–Crippen LogP) is 4.78.